The molecule has 0 spiro atoms. The number of aryl methyl sites for hydroxylation is 1. The number of aromatic nitrogens is 1. The van der Waals surface area contributed by atoms with Crippen LogP contribution in [0.4, 0.5) is 10.2 Å². The molecule has 16 heavy (non-hydrogen) atoms. The van der Waals surface area contributed by atoms with Crippen LogP contribution in [-0.2, 0) is 0 Å². The minimum Gasteiger partial charge on any atom is -0.384 e. The first-order valence-electron chi connectivity index (χ1n) is 4.76. The Kier molecular flexibility index (Phi) is 2.79. The monoisotopic (exact) mass is 236 g/mol. The maximum Gasteiger partial charge on any atom is 0.124 e. The van der Waals surface area contributed by atoms with Crippen molar-refractivity contribution >= 4 is 17.4 Å². The van der Waals surface area contributed by atoms with Crippen LogP contribution in [0.3, 0.4) is 0 Å². The molecule has 2 aromatic rings. The Hall–Kier alpha value is -1.61. The number of nitrogens with zero attached hydrogens (tertiary/aromatic N) is 1. The van der Waals surface area contributed by atoms with Crippen LogP contribution in [0.1, 0.15) is 5.69 Å². The van der Waals surface area contributed by atoms with E-state index in [1.807, 2.05) is 13.0 Å². The number of nitrogens with two attached hydrogens (primary N) is 1. The number of hydrogen-bond donors (Lipinski definition) is 1. The minimum atomic E-state index is -0.352. The molecule has 0 aliphatic carbocycles. The van der Waals surface area contributed by atoms with E-state index >= 15 is 0 Å². The van der Waals surface area contributed by atoms with Gasteiger partial charge >= 0.3 is 0 Å². The zero-order valence-corrected chi connectivity index (χ0v) is 9.42. The summed E-state index contributed by atoms with van der Waals surface area (Å²) in [4.78, 5) is 4.14. The quantitative estimate of drug-likeness (QED) is 0.824. The van der Waals surface area contributed by atoms with Crippen LogP contribution in [0.2, 0.25) is 5.02 Å². The average molecular weight is 237 g/mol. The van der Waals surface area contributed by atoms with Gasteiger partial charge in [-0.15, -0.1) is 0 Å². The molecule has 0 saturated heterocycles. The lowest BCUT2D eigenvalue weighted by Gasteiger charge is -2.08. The molecule has 0 fully saturated rings. The van der Waals surface area contributed by atoms with Crippen LogP contribution in [0.5, 0.6) is 0 Å². The van der Waals surface area contributed by atoms with Crippen molar-refractivity contribution in [2.45, 2.75) is 6.92 Å². The average Bonchev–Trinajstić information content (AvgIpc) is 2.19. The maximum atomic E-state index is 12.9. The zero-order valence-electron chi connectivity index (χ0n) is 8.67. The second kappa shape index (κ2) is 4.10. The van der Waals surface area contributed by atoms with Gasteiger partial charge in [0.15, 0.2) is 0 Å². The lowest BCUT2D eigenvalue weighted by atomic mass is 10.0. The molecule has 2 N–H and O–H groups in total. The van der Waals surface area contributed by atoms with Crippen LogP contribution in [0, 0.1) is 12.7 Å². The summed E-state index contributed by atoms with van der Waals surface area (Å²) in [5, 5.41) is 0.370. The van der Waals surface area contributed by atoms with Crippen molar-refractivity contribution in [1.82, 2.24) is 4.98 Å². The normalized spacial score (nSPS) is 10.4. The third-order valence-electron chi connectivity index (χ3n) is 2.33. The number of pyridine rings is 1. The Morgan fingerprint density at radius 1 is 1.19 bits per heavy atom. The Morgan fingerprint density at radius 2 is 1.88 bits per heavy atom. The van der Waals surface area contributed by atoms with Gasteiger partial charge in [0.05, 0.1) is 5.02 Å². The first-order valence-corrected chi connectivity index (χ1v) is 5.14. The molecule has 0 radical (unpaired) electrons. The molecule has 82 valence electrons. The molecule has 1 aromatic heterocycles. The minimum absolute atomic E-state index is 0.352. The smallest absolute Gasteiger partial charge is 0.124 e. The van der Waals surface area contributed by atoms with Gasteiger partial charge in [-0.05, 0) is 37.3 Å². The molecule has 0 saturated carbocycles. The summed E-state index contributed by atoms with van der Waals surface area (Å²) in [5.74, 6) is 0.106. The maximum absolute atomic E-state index is 12.9. The van der Waals surface area contributed by atoms with Gasteiger partial charge in [-0.25, -0.2) is 9.37 Å². The van der Waals surface area contributed by atoms with Crippen LogP contribution >= 0.6 is 11.6 Å². The molecule has 0 atom stereocenters. The standard InChI is InChI=1S/C12H10ClFN2/c1-7-9(4-5-12(15)16-7)10-3-2-8(14)6-11(10)13/h2-6H,1H3,(H2,15,16). The van der Waals surface area contributed by atoms with Crippen molar-refractivity contribution in [2.24, 2.45) is 0 Å². The van der Waals surface area contributed by atoms with E-state index in [-0.39, 0.29) is 5.82 Å². The molecule has 0 aliphatic rings. The third kappa shape index (κ3) is 1.99. The van der Waals surface area contributed by atoms with Crippen molar-refractivity contribution in [1.29, 1.82) is 0 Å². The topological polar surface area (TPSA) is 38.9 Å². The van der Waals surface area contributed by atoms with E-state index in [0.717, 1.165) is 16.8 Å². The highest BCUT2D eigenvalue weighted by molar-refractivity contribution is 6.33. The molecule has 4 heteroatoms. The van der Waals surface area contributed by atoms with Gasteiger partial charge in [-0.1, -0.05) is 11.6 Å². The van der Waals surface area contributed by atoms with Crippen molar-refractivity contribution in [3.63, 3.8) is 0 Å². The van der Waals surface area contributed by atoms with E-state index in [0.29, 0.717) is 10.8 Å². The lowest BCUT2D eigenvalue weighted by molar-refractivity contribution is 0.628. The SMILES string of the molecule is Cc1nc(N)ccc1-c1ccc(F)cc1Cl. The Balaban J connectivity index is 2.59. The molecule has 1 heterocycles. The molecule has 0 unspecified atom stereocenters. The number of benzene rings is 1. The van der Waals surface area contributed by atoms with Crippen LogP contribution in [0.25, 0.3) is 11.1 Å². The molecule has 0 aliphatic heterocycles. The van der Waals surface area contributed by atoms with Crippen molar-refractivity contribution in [2.75, 3.05) is 5.73 Å². The van der Waals surface area contributed by atoms with Gasteiger partial charge in [0.2, 0.25) is 0 Å². The largest absolute Gasteiger partial charge is 0.384 e. The van der Waals surface area contributed by atoms with Crippen LogP contribution in [-0.4, -0.2) is 4.98 Å². The number of nitrogen functional groups attached to an aromatic ring is 1. The second-order valence-electron chi connectivity index (χ2n) is 3.49. The summed E-state index contributed by atoms with van der Waals surface area (Å²) in [6.45, 7) is 1.84. The molecule has 1 aromatic carbocycles. The molecule has 0 bridgehead atoms. The summed E-state index contributed by atoms with van der Waals surface area (Å²) >= 11 is 5.98. The van der Waals surface area contributed by atoms with Crippen molar-refractivity contribution in [3.8, 4) is 11.1 Å². The zero-order chi connectivity index (χ0) is 11.7. The third-order valence-corrected chi connectivity index (χ3v) is 2.64. The Morgan fingerprint density at radius 3 is 2.50 bits per heavy atom. The van der Waals surface area contributed by atoms with Gasteiger partial charge in [-0.3, -0.25) is 0 Å². The number of rotatable bonds is 1. The number of hydrogen-bond acceptors (Lipinski definition) is 2. The predicted octanol–water partition coefficient (Wildman–Crippen LogP) is 3.43. The number of halogens is 2. The summed E-state index contributed by atoms with van der Waals surface area (Å²) in [7, 11) is 0. The van der Waals surface area contributed by atoms with Crippen LogP contribution in [0.15, 0.2) is 30.3 Å². The highest BCUT2D eigenvalue weighted by atomic mass is 35.5. The molecular weight excluding hydrogens is 227 g/mol. The van der Waals surface area contributed by atoms with Gasteiger partial charge in [0.25, 0.3) is 0 Å². The van der Waals surface area contributed by atoms with Gasteiger partial charge < -0.3 is 5.73 Å². The highest BCUT2D eigenvalue weighted by Gasteiger charge is 2.08. The first-order chi connectivity index (χ1) is 7.58. The molecule has 0 amide bonds. The van der Waals surface area contributed by atoms with Gasteiger partial charge in [0, 0.05) is 16.8 Å². The van der Waals surface area contributed by atoms with Crippen molar-refractivity contribution in [3.05, 3.63) is 46.9 Å². The summed E-state index contributed by atoms with van der Waals surface area (Å²) in [5.41, 5.74) is 7.95. The lowest BCUT2D eigenvalue weighted by Crippen LogP contribution is -1.94. The number of anilines is 1. The Labute approximate surface area is 97.9 Å². The predicted molar refractivity (Wildman–Crippen MR) is 63.8 cm³/mol. The van der Waals surface area contributed by atoms with E-state index in [4.69, 9.17) is 17.3 Å². The van der Waals surface area contributed by atoms with E-state index in [9.17, 15) is 4.39 Å². The summed E-state index contributed by atoms with van der Waals surface area (Å²) < 4.78 is 12.9. The second-order valence-corrected chi connectivity index (χ2v) is 3.90. The summed E-state index contributed by atoms with van der Waals surface area (Å²) in [6.07, 6.45) is 0. The van der Waals surface area contributed by atoms with Gasteiger partial charge in [0.1, 0.15) is 11.6 Å². The fourth-order valence-electron chi connectivity index (χ4n) is 1.57. The molecule has 2 nitrogen and oxygen atoms in total. The van der Waals surface area contributed by atoms with E-state index in [1.165, 1.54) is 12.1 Å². The van der Waals surface area contributed by atoms with E-state index in [1.54, 1.807) is 12.1 Å². The fraction of sp³-hybridized carbons (Fsp3) is 0.0833. The Bertz CT molecular complexity index is 491. The molecule has 2 rings (SSSR count). The van der Waals surface area contributed by atoms with E-state index < -0.39 is 0 Å². The van der Waals surface area contributed by atoms with Crippen LogP contribution < -0.4 is 5.73 Å². The van der Waals surface area contributed by atoms with Crippen molar-refractivity contribution < 1.29 is 4.39 Å². The highest BCUT2D eigenvalue weighted by Crippen LogP contribution is 2.30. The van der Waals surface area contributed by atoms with Gasteiger partial charge in [-0.2, -0.15) is 0 Å². The summed E-state index contributed by atoms with van der Waals surface area (Å²) in [6, 6.07) is 7.82. The fourth-order valence-corrected chi connectivity index (χ4v) is 1.84. The first kappa shape index (κ1) is 10.9. The molecular formula is C12H10ClFN2. The van der Waals surface area contributed by atoms with E-state index in [2.05, 4.69) is 4.98 Å².